The fraction of sp³-hybridized carbons (Fsp3) is 0.625. The highest BCUT2D eigenvalue weighted by atomic mass is 32.1. The van der Waals surface area contributed by atoms with Gasteiger partial charge in [-0.15, -0.1) is 11.3 Å². The number of fused-ring (bicyclic) bond motifs is 1. The molecule has 4 rings (SSSR count). The molecule has 3 atom stereocenters. The lowest BCUT2D eigenvalue weighted by molar-refractivity contribution is -0.192. The Kier molecular flexibility index (Phi) is 6.30. The number of aryl methyl sites for hydroxylation is 1. The summed E-state index contributed by atoms with van der Waals surface area (Å²) in [6.07, 6.45) is 0.154. The maximum atomic E-state index is 10.6. The van der Waals surface area contributed by atoms with Crippen molar-refractivity contribution in [3.8, 4) is 0 Å². The third kappa shape index (κ3) is 5.06. The van der Waals surface area contributed by atoms with Crippen molar-refractivity contribution in [2.75, 3.05) is 6.54 Å². The summed E-state index contributed by atoms with van der Waals surface area (Å²) in [6, 6.07) is 0.495. The topological polar surface area (TPSA) is 102 Å². The fourth-order valence-corrected chi connectivity index (χ4v) is 3.98. The van der Waals surface area contributed by atoms with Crippen LogP contribution >= 0.6 is 11.3 Å². The average molecular weight is 420 g/mol. The summed E-state index contributed by atoms with van der Waals surface area (Å²) < 4.78 is 43.2. The molecule has 2 aliphatic rings. The van der Waals surface area contributed by atoms with Gasteiger partial charge in [0.1, 0.15) is 11.1 Å². The molecule has 0 radical (unpaired) electrons. The number of carboxylic acids is 1. The van der Waals surface area contributed by atoms with Gasteiger partial charge < -0.3 is 14.4 Å². The number of carbonyl (C=O) groups is 1. The molecule has 8 nitrogen and oxygen atoms in total. The first kappa shape index (κ1) is 20.7. The monoisotopic (exact) mass is 420 g/mol. The number of thiazole rings is 1. The number of nitrogens with zero attached hydrogens (tertiary/aromatic N) is 4. The van der Waals surface area contributed by atoms with E-state index in [9.17, 15) is 13.2 Å². The van der Waals surface area contributed by atoms with Crippen LogP contribution in [-0.4, -0.2) is 56.0 Å². The number of hydrogen-bond donors (Lipinski definition) is 1. The Morgan fingerprint density at radius 2 is 2.14 bits per heavy atom. The third-order valence-electron chi connectivity index (χ3n) is 4.55. The van der Waals surface area contributed by atoms with Crippen molar-refractivity contribution in [2.45, 2.75) is 57.2 Å². The second-order valence-corrected chi connectivity index (χ2v) is 7.45. The van der Waals surface area contributed by atoms with Crippen molar-refractivity contribution in [1.82, 2.24) is 20.0 Å². The summed E-state index contributed by atoms with van der Waals surface area (Å²) in [5.74, 6) is -1.45. The first-order chi connectivity index (χ1) is 13.2. The van der Waals surface area contributed by atoms with Crippen LogP contribution in [0.5, 0.6) is 0 Å². The number of likely N-dealkylation sites (tertiary alicyclic amines) is 1. The van der Waals surface area contributed by atoms with Crippen LogP contribution in [0.15, 0.2) is 16.1 Å². The molecule has 0 spiro atoms. The minimum Gasteiger partial charge on any atom is -0.475 e. The van der Waals surface area contributed by atoms with Gasteiger partial charge >= 0.3 is 12.1 Å². The van der Waals surface area contributed by atoms with Crippen LogP contribution in [0.25, 0.3) is 0 Å². The normalized spacial score (nSPS) is 25.1. The first-order valence-corrected chi connectivity index (χ1v) is 9.50. The van der Waals surface area contributed by atoms with Crippen molar-refractivity contribution in [1.29, 1.82) is 0 Å². The van der Waals surface area contributed by atoms with Gasteiger partial charge in [-0.2, -0.15) is 18.2 Å². The molecule has 28 heavy (non-hydrogen) atoms. The van der Waals surface area contributed by atoms with E-state index in [-0.39, 0.29) is 12.2 Å². The van der Waals surface area contributed by atoms with E-state index in [4.69, 9.17) is 19.2 Å². The Balaban J connectivity index is 0.000000279. The number of halogens is 3. The van der Waals surface area contributed by atoms with Gasteiger partial charge in [0, 0.05) is 24.2 Å². The van der Waals surface area contributed by atoms with Gasteiger partial charge in [-0.25, -0.2) is 9.78 Å². The summed E-state index contributed by atoms with van der Waals surface area (Å²) in [5.41, 5.74) is 0. The zero-order valence-electron chi connectivity index (χ0n) is 14.9. The molecular weight excluding hydrogens is 401 g/mol. The van der Waals surface area contributed by atoms with E-state index in [1.807, 2.05) is 18.5 Å². The highest BCUT2D eigenvalue weighted by molar-refractivity contribution is 7.09. The van der Waals surface area contributed by atoms with Crippen molar-refractivity contribution in [2.24, 2.45) is 0 Å². The van der Waals surface area contributed by atoms with Crippen LogP contribution in [0.3, 0.4) is 0 Å². The zero-order chi connectivity index (χ0) is 20.3. The molecule has 12 heteroatoms. The standard InChI is InChI=1S/C14H18N4O2S.C2HF3O2/c1-9-16-14(20-17-9)12-3-2-10-11(19-12)4-6-18(10)8-13-15-5-7-21-13;3-2(4,5)1(6)7/h5,7,10-12H,2-4,6,8H2,1H3;(H,6,7)/t10-,11-,12+;/m1./s1. The Labute approximate surface area is 162 Å². The minimum absolute atomic E-state index is 0.0349. The predicted octanol–water partition coefficient (Wildman–Crippen LogP) is 2.96. The van der Waals surface area contributed by atoms with E-state index in [2.05, 4.69) is 20.0 Å². The number of hydrogen-bond acceptors (Lipinski definition) is 8. The molecule has 1 N–H and O–H groups in total. The molecule has 2 aromatic heterocycles. The third-order valence-corrected chi connectivity index (χ3v) is 5.31. The molecule has 0 amide bonds. The zero-order valence-corrected chi connectivity index (χ0v) is 15.7. The molecule has 2 saturated heterocycles. The number of carboxylic acid groups (broad SMARTS) is 1. The van der Waals surface area contributed by atoms with Crippen LogP contribution in [0.1, 0.15) is 42.1 Å². The number of ether oxygens (including phenoxy) is 1. The average Bonchev–Trinajstić information content (AvgIpc) is 3.36. The number of alkyl halides is 3. The number of rotatable bonds is 3. The molecule has 2 aliphatic heterocycles. The summed E-state index contributed by atoms with van der Waals surface area (Å²) in [4.78, 5) is 20.1. The van der Waals surface area contributed by atoms with Crippen LogP contribution in [0.2, 0.25) is 0 Å². The minimum atomic E-state index is -5.08. The van der Waals surface area contributed by atoms with Crippen LogP contribution in [0.4, 0.5) is 13.2 Å². The molecule has 4 heterocycles. The van der Waals surface area contributed by atoms with Crippen molar-refractivity contribution in [3.05, 3.63) is 28.3 Å². The van der Waals surface area contributed by atoms with Gasteiger partial charge in [0.05, 0.1) is 12.6 Å². The summed E-state index contributed by atoms with van der Waals surface area (Å²) in [6.45, 7) is 3.85. The Morgan fingerprint density at radius 1 is 1.39 bits per heavy atom. The molecule has 2 aromatic rings. The SMILES string of the molecule is Cc1noc([C@@H]2CC[C@@H]3[C@@H](CCN3Cc3nccs3)O2)n1.O=C(O)C(F)(F)F. The van der Waals surface area contributed by atoms with E-state index in [1.165, 1.54) is 5.01 Å². The second-order valence-electron chi connectivity index (χ2n) is 6.48. The van der Waals surface area contributed by atoms with E-state index in [0.29, 0.717) is 17.8 Å². The van der Waals surface area contributed by atoms with E-state index in [1.54, 1.807) is 11.3 Å². The Hall–Kier alpha value is -2.05. The quantitative estimate of drug-likeness (QED) is 0.809. The number of aliphatic carboxylic acids is 1. The molecule has 0 aromatic carbocycles. The summed E-state index contributed by atoms with van der Waals surface area (Å²) in [5, 5.41) is 14.2. The van der Waals surface area contributed by atoms with Crippen molar-refractivity contribution in [3.63, 3.8) is 0 Å². The first-order valence-electron chi connectivity index (χ1n) is 8.62. The highest BCUT2D eigenvalue weighted by Crippen LogP contribution is 2.38. The van der Waals surface area contributed by atoms with Gasteiger partial charge in [0.15, 0.2) is 5.82 Å². The Morgan fingerprint density at radius 3 is 2.71 bits per heavy atom. The van der Waals surface area contributed by atoms with E-state index < -0.39 is 12.1 Å². The molecule has 0 unspecified atom stereocenters. The molecule has 154 valence electrons. The van der Waals surface area contributed by atoms with Gasteiger partial charge in [-0.1, -0.05) is 5.16 Å². The maximum Gasteiger partial charge on any atom is 0.490 e. The second kappa shape index (κ2) is 8.53. The number of aromatic nitrogens is 3. The smallest absolute Gasteiger partial charge is 0.475 e. The fourth-order valence-electron chi connectivity index (χ4n) is 3.34. The lowest BCUT2D eigenvalue weighted by Crippen LogP contribution is -2.40. The van der Waals surface area contributed by atoms with Gasteiger partial charge in [0.2, 0.25) is 0 Å². The van der Waals surface area contributed by atoms with Gasteiger partial charge in [-0.05, 0) is 26.2 Å². The lowest BCUT2D eigenvalue weighted by atomic mass is 9.99. The predicted molar refractivity (Wildman–Crippen MR) is 90.5 cm³/mol. The molecule has 2 fully saturated rings. The molecule has 0 aliphatic carbocycles. The largest absolute Gasteiger partial charge is 0.490 e. The molecule has 0 bridgehead atoms. The van der Waals surface area contributed by atoms with Crippen LogP contribution < -0.4 is 0 Å². The molecular formula is C16H19F3N4O4S. The van der Waals surface area contributed by atoms with E-state index in [0.717, 1.165) is 32.4 Å². The van der Waals surface area contributed by atoms with Crippen LogP contribution in [0, 0.1) is 6.92 Å². The summed E-state index contributed by atoms with van der Waals surface area (Å²) >= 11 is 1.72. The maximum absolute atomic E-state index is 10.6. The Bertz CT molecular complexity index is 783. The highest BCUT2D eigenvalue weighted by Gasteiger charge is 2.41. The van der Waals surface area contributed by atoms with Crippen molar-refractivity contribution < 1.29 is 32.3 Å². The van der Waals surface area contributed by atoms with Gasteiger partial charge in [-0.3, -0.25) is 4.90 Å². The van der Waals surface area contributed by atoms with Crippen LogP contribution in [-0.2, 0) is 16.1 Å². The summed E-state index contributed by atoms with van der Waals surface area (Å²) in [7, 11) is 0. The van der Waals surface area contributed by atoms with Gasteiger partial charge in [0.25, 0.3) is 5.89 Å². The molecule has 0 saturated carbocycles. The van der Waals surface area contributed by atoms with Crippen molar-refractivity contribution >= 4 is 17.3 Å². The lowest BCUT2D eigenvalue weighted by Gasteiger charge is -2.34. The van der Waals surface area contributed by atoms with E-state index >= 15 is 0 Å².